The molecule has 5 aliphatic carbocycles. The largest absolute Gasteiger partial charge is 0.465 e. The van der Waals surface area contributed by atoms with Gasteiger partial charge in [-0.3, -0.25) is 4.79 Å². The Morgan fingerprint density at radius 2 is 1.54 bits per heavy atom. The van der Waals surface area contributed by atoms with Crippen molar-refractivity contribution >= 4 is 11.9 Å². The Kier molecular flexibility index (Phi) is 5.00. The summed E-state index contributed by atoms with van der Waals surface area (Å²) in [5, 5.41) is 0. The first kappa shape index (κ1) is 18.2. The van der Waals surface area contributed by atoms with E-state index < -0.39 is 12.1 Å². The highest BCUT2D eigenvalue weighted by Crippen LogP contribution is 2.60. The van der Waals surface area contributed by atoms with Crippen LogP contribution in [0.5, 0.6) is 0 Å². The molecular formula is C21H31FO4. The lowest BCUT2D eigenvalue weighted by molar-refractivity contribution is -0.164. The van der Waals surface area contributed by atoms with Crippen LogP contribution in [0.4, 0.5) is 4.39 Å². The molecule has 26 heavy (non-hydrogen) atoms. The summed E-state index contributed by atoms with van der Waals surface area (Å²) in [5.74, 6) is 1.62. The van der Waals surface area contributed by atoms with Crippen molar-refractivity contribution in [1.29, 1.82) is 0 Å². The van der Waals surface area contributed by atoms with Crippen LogP contribution < -0.4 is 0 Å². The van der Waals surface area contributed by atoms with Crippen molar-refractivity contribution in [3.8, 4) is 0 Å². The number of carbonyl (C=O) groups is 2. The monoisotopic (exact) mass is 366 g/mol. The van der Waals surface area contributed by atoms with Crippen molar-refractivity contribution in [2.75, 3.05) is 6.61 Å². The lowest BCUT2D eigenvalue weighted by Gasteiger charge is -2.56. The van der Waals surface area contributed by atoms with Crippen LogP contribution in [0.3, 0.4) is 0 Å². The molecule has 4 bridgehead atoms. The molecule has 5 heteroatoms. The second kappa shape index (κ2) is 7.12. The number of hydrogen-bond donors (Lipinski definition) is 0. The number of ether oxygens (including phenoxy) is 2. The van der Waals surface area contributed by atoms with Crippen molar-refractivity contribution in [2.24, 2.45) is 29.1 Å². The first-order valence-corrected chi connectivity index (χ1v) is 10.4. The van der Waals surface area contributed by atoms with Gasteiger partial charge in [0.25, 0.3) is 0 Å². The second-order valence-electron chi connectivity index (χ2n) is 9.55. The number of esters is 2. The lowest BCUT2D eigenvalue weighted by Crippen LogP contribution is -2.48. The summed E-state index contributed by atoms with van der Waals surface area (Å²) >= 11 is 0. The number of rotatable bonds is 5. The molecule has 5 saturated carbocycles. The Morgan fingerprint density at radius 3 is 2.04 bits per heavy atom. The predicted molar refractivity (Wildman–Crippen MR) is 94.0 cm³/mol. The molecule has 5 rings (SSSR count). The molecule has 0 spiro atoms. The number of halogens is 1. The average molecular weight is 366 g/mol. The van der Waals surface area contributed by atoms with E-state index in [1.54, 1.807) is 0 Å². The maximum Gasteiger partial charge on any atom is 0.340 e. The molecule has 146 valence electrons. The fourth-order valence-electron chi connectivity index (χ4n) is 6.48. The summed E-state index contributed by atoms with van der Waals surface area (Å²) in [6.07, 6.45) is 8.66. The van der Waals surface area contributed by atoms with Gasteiger partial charge in [-0.15, -0.1) is 0 Å². The molecule has 0 N–H and O–H groups in total. The number of hydrogen-bond acceptors (Lipinski definition) is 4. The van der Waals surface area contributed by atoms with Gasteiger partial charge in [-0.2, -0.15) is 0 Å². The number of carbonyl (C=O) groups excluding carboxylic acids is 2. The predicted octanol–water partition coefficient (Wildman–Crippen LogP) is 4.21. The Morgan fingerprint density at radius 1 is 1.00 bits per heavy atom. The summed E-state index contributed by atoms with van der Waals surface area (Å²) in [5.41, 5.74) is 0.258. The van der Waals surface area contributed by atoms with Crippen LogP contribution in [0, 0.1) is 29.1 Å². The highest BCUT2D eigenvalue weighted by atomic mass is 19.1. The van der Waals surface area contributed by atoms with E-state index >= 15 is 0 Å². The summed E-state index contributed by atoms with van der Waals surface area (Å²) in [4.78, 5) is 23.9. The molecule has 1 unspecified atom stereocenters. The van der Waals surface area contributed by atoms with E-state index in [9.17, 15) is 14.0 Å². The summed E-state index contributed by atoms with van der Waals surface area (Å²) < 4.78 is 23.9. The maximum absolute atomic E-state index is 12.9. The van der Waals surface area contributed by atoms with Crippen LogP contribution in [0.1, 0.15) is 71.1 Å². The van der Waals surface area contributed by atoms with Gasteiger partial charge < -0.3 is 9.47 Å². The minimum absolute atomic E-state index is 0.0793. The smallest absolute Gasteiger partial charge is 0.340 e. The molecule has 0 radical (unpaired) electrons. The van der Waals surface area contributed by atoms with Crippen LogP contribution in [0.15, 0.2) is 0 Å². The first-order chi connectivity index (χ1) is 12.4. The highest BCUT2D eigenvalue weighted by Gasteiger charge is 2.51. The van der Waals surface area contributed by atoms with E-state index in [0.29, 0.717) is 32.3 Å². The Balaban J connectivity index is 1.23. The zero-order valence-electron chi connectivity index (χ0n) is 15.8. The van der Waals surface area contributed by atoms with E-state index in [1.807, 2.05) is 0 Å². The number of alkyl halides is 1. The zero-order chi connectivity index (χ0) is 18.3. The van der Waals surface area contributed by atoms with Gasteiger partial charge in [0.15, 0.2) is 6.17 Å². The molecule has 0 aromatic heterocycles. The van der Waals surface area contributed by atoms with Crippen LogP contribution >= 0.6 is 0 Å². The standard InChI is InChI=1S/C21H31FO4/c1-13(22)19(23)26-18-4-2-17(3-5-18)20(24)25-12-21-9-14-6-15(10-21)8-16(7-14)11-21/h13-18H,2-12H2,1H3. The van der Waals surface area contributed by atoms with Gasteiger partial charge in [0.05, 0.1) is 12.5 Å². The van der Waals surface area contributed by atoms with Crippen molar-refractivity contribution in [3.63, 3.8) is 0 Å². The summed E-state index contributed by atoms with van der Waals surface area (Å²) in [7, 11) is 0. The van der Waals surface area contributed by atoms with Gasteiger partial charge in [-0.05, 0) is 88.9 Å². The van der Waals surface area contributed by atoms with E-state index in [0.717, 1.165) is 17.8 Å². The fourth-order valence-corrected chi connectivity index (χ4v) is 6.48. The van der Waals surface area contributed by atoms with Crippen LogP contribution in [0.2, 0.25) is 0 Å². The summed E-state index contributed by atoms with van der Waals surface area (Å²) in [6.45, 7) is 1.79. The van der Waals surface area contributed by atoms with Crippen LogP contribution in [-0.4, -0.2) is 30.8 Å². The van der Waals surface area contributed by atoms with Gasteiger partial charge in [-0.1, -0.05) is 0 Å². The molecule has 0 aliphatic heterocycles. The van der Waals surface area contributed by atoms with Gasteiger partial charge in [0.1, 0.15) is 6.10 Å². The lowest BCUT2D eigenvalue weighted by atomic mass is 9.50. The molecule has 5 aliphatic rings. The fraction of sp³-hybridized carbons (Fsp3) is 0.905. The third-order valence-electron chi connectivity index (χ3n) is 7.30. The quantitative estimate of drug-likeness (QED) is 0.684. The topological polar surface area (TPSA) is 52.6 Å². The maximum atomic E-state index is 12.9. The molecule has 4 nitrogen and oxygen atoms in total. The van der Waals surface area contributed by atoms with Crippen molar-refractivity contribution < 1.29 is 23.5 Å². The average Bonchev–Trinajstić information content (AvgIpc) is 2.59. The van der Waals surface area contributed by atoms with Crippen LogP contribution in [-0.2, 0) is 19.1 Å². The van der Waals surface area contributed by atoms with E-state index in [1.165, 1.54) is 45.4 Å². The molecule has 0 heterocycles. The van der Waals surface area contributed by atoms with Crippen LogP contribution in [0.25, 0.3) is 0 Å². The van der Waals surface area contributed by atoms with E-state index in [4.69, 9.17) is 9.47 Å². The van der Waals surface area contributed by atoms with Gasteiger partial charge in [0, 0.05) is 5.41 Å². The van der Waals surface area contributed by atoms with Gasteiger partial charge in [0.2, 0.25) is 0 Å². The van der Waals surface area contributed by atoms with Gasteiger partial charge >= 0.3 is 11.9 Å². The molecule has 0 aromatic carbocycles. The minimum atomic E-state index is -1.59. The normalized spacial score (nSPS) is 42.3. The highest BCUT2D eigenvalue weighted by molar-refractivity contribution is 5.74. The second-order valence-corrected chi connectivity index (χ2v) is 9.55. The van der Waals surface area contributed by atoms with Crippen molar-refractivity contribution in [3.05, 3.63) is 0 Å². The van der Waals surface area contributed by atoms with Crippen molar-refractivity contribution in [2.45, 2.75) is 83.4 Å². The molecule has 1 atom stereocenters. The minimum Gasteiger partial charge on any atom is -0.465 e. The van der Waals surface area contributed by atoms with Gasteiger partial charge in [-0.25, -0.2) is 9.18 Å². The molecule has 5 fully saturated rings. The molecule has 0 saturated heterocycles. The molecule has 0 amide bonds. The third kappa shape index (κ3) is 3.77. The summed E-state index contributed by atoms with van der Waals surface area (Å²) in [6, 6.07) is 0. The Bertz CT molecular complexity index is 515. The SMILES string of the molecule is CC(F)C(=O)OC1CCC(C(=O)OCC23CC4CC(CC(C4)C2)C3)CC1. The Labute approximate surface area is 155 Å². The van der Waals surface area contributed by atoms with Crippen molar-refractivity contribution in [1.82, 2.24) is 0 Å². The van der Waals surface area contributed by atoms with E-state index in [2.05, 4.69) is 0 Å². The Hall–Kier alpha value is -1.13. The zero-order valence-corrected chi connectivity index (χ0v) is 15.8. The molecular weight excluding hydrogens is 335 g/mol. The first-order valence-electron chi connectivity index (χ1n) is 10.4. The van der Waals surface area contributed by atoms with E-state index in [-0.39, 0.29) is 23.4 Å². The third-order valence-corrected chi connectivity index (χ3v) is 7.30. The molecule has 0 aromatic rings.